The maximum absolute atomic E-state index is 12.8. The molecule has 0 bridgehead atoms. The van der Waals surface area contributed by atoms with Crippen molar-refractivity contribution < 1.29 is 9.53 Å². The number of methoxy groups -OCH3 is 1. The van der Waals surface area contributed by atoms with E-state index in [1.807, 2.05) is 55.8 Å². The largest absolute Gasteiger partial charge is 0.496 e. The van der Waals surface area contributed by atoms with E-state index in [0.717, 1.165) is 22.5 Å². The van der Waals surface area contributed by atoms with Crippen LogP contribution in [-0.2, 0) is 6.54 Å². The number of halogens is 1. The second-order valence-corrected chi connectivity index (χ2v) is 6.79. The lowest BCUT2D eigenvalue weighted by atomic mass is 10.1. The Kier molecular flexibility index (Phi) is 5.51. The highest BCUT2D eigenvalue weighted by Crippen LogP contribution is 2.25. The summed E-state index contributed by atoms with van der Waals surface area (Å²) in [5.41, 5.74) is 4.71. The first-order valence-electron chi connectivity index (χ1n) is 8.64. The summed E-state index contributed by atoms with van der Waals surface area (Å²) in [5, 5.41) is 8.26. The van der Waals surface area contributed by atoms with E-state index >= 15 is 0 Å². The minimum absolute atomic E-state index is 0.185. The zero-order valence-corrected chi connectivity index (χ0v) is 16.6. The molecule has 3 aromatic rings. The number of carbonyl (C=O) groups is 1. The molecular weight excluding hydrogens is 362 g/mol. The molecule has 0 spiro atoms. The molecule has 0 saturated heterocycles. The fraction of sp³-hybridized carbons (Fsp3) is 0.238. The maximum Gasteiger partial charge on any atom is 0.256 e. The molecule has 0 aliphatic rings. The van der Waals surface area contributed by atoms with Gasteiger partial charge in [-0.1, -0.05) is 35.9 Å². The van der Waals surface area contributed by atoms with Crippen LogP contribution in [0.25, 0.3) is 0 Å². The predicted molar refractivity (Wildman–Crippen MR) is 108 cm³/mol. The summed E-state index contributed by atoms with van der Waals surface area (Å²) in [4.78, 5) is 12.8. The van der Waals surface area contributed by atoms with E-state index in [9.17, 15) is 4.79 Å². The number of amides is 1. The molecule has 3 rings (SSSR count). The smallest absolute Gasteiger partial charge is 0.256 e. The molecule has 0 aliphatic heterocycles. The van der Waals surface area contributed by atoms with Crippen LogP contribution in [0.4, 0.5) is 5.69 Å². The molecule has 1 N–H and O–H groups in total. The average molecular weight is 384 g/mol. The molecule has 1 amide bonds. The van der Waals surface area contributed by atoms with Gasteiger partial charge in [0.1, 0.15) is 5.75 Å². The number of ether oxygens (including phenoxy) is 1. The first kappa shape index (κ1) is 19.0. The maximum atomic E-state index is 12.8. The molecule has 1 aromatic heterocycles. The van der Waals surface area contributed by atoms with Crippen molar-refractivity contribution in [3.05, 3.63) is 75.6 Å². The third kappa shape index (κ3) is 3.83. The SMILES string of the molecule is COc1cccc(C(=O)Nc2c(C)nn(Cc3ccccc3Cl)c2C)c1C. The van der Waals surface area contributed by atoms with Crippen molar-refractivity contribution in [3.63, 3.8) is 0 Å². The van der Waals surface area contributed by atoms with E-state index in [-0.39, 0.29) is 5.91 Å². The Morgan fingerprint density at radius 2 is 1.89 bits per heavy atom. The van der Waals surface area contributed by atoms with Gasteiger partial charge in [-0.05, 0) is 44.5 Å². The summed E-state index contributed by atoms with van der Waals surface area (Å²) in [6, 6.07) is 13.1. The Morgan fingerprint density at radius 1 is 1.15 bits per heavy atom. The highest BCUT2D eigenvalue weighted by Gasteiger charge is 2.18. The van der Waals surface area contributed by atoms with Gasteiger partial charge in [0.25, 0.3) is 5.91 Å². The van der Waals surface area contributed by atoms with Crippen molar-refractivity contribution in [2.24, 2.45) is 0 Å². The second-order valence-electron chi connectivity index (χ2n) is 6.38. The molecule has 0 saturated carbocycles. The van der Waals surface area contributed by atoms with E-state index in [4.69, 9.17) is 16.3 Å². The molecular formula is C21H22ClN3O2. The molecule has 0 aliphatic carbocycles. The Morgan fingerprint density at radius 3 is 2.59 bits per heavy atom. The average Bonchev–Trinajstić information content (AvgIpc) is 2.91. The number of anilines is 1. The fourth-order valence-corrected chi connectivity index (χ4v) is 3.28. The molecule has 0 atom stereocenters. The van der Waals surface area contributed by atoms with Crippen LogP contribution in [0.3, 0.4) is 0 Å². The first-order valence-corrected chi connectivity index (χ1v) is 9.02. The van der Waals surface area contributed by atoms with Crippen molar-refractivity contribution in [2.75, 3.05) is 12.4 Å². The monoisotopic (exact) mass is 383 g/mol. The standard InChI is InChI=1S/C21H22ClN3O2/c1-13-17(9-7-11-19(13)27-4)21(26)23-20-14(2)24-25(15(20)3)12-16-8-5-6-10-18(16)22/h5-11H,12H2,1-4H3,(H,23,26). The Balaban J connectivity index is 1.87. The third-order valence-electron chi connectivity index (χ3n) is 4.65. The normalized spacial score (nSPS) is 10.7. The predicted octanol–water partition coefficient (Wildman–Crippen LogP) is 4.77. The van der Waals surface area contributed by atoms with Gasteiger partial charge in [0.05, 0.1) is 30.7 Å². The molecule has 0 fully saturated rings. The van der Waals surface area contributed by atoms with E-state index < -0.39 is 0 Å². The van der Waals surface area contributed by atoms with Gasteiger partial charge in [-0.2, -0.15) is 5.10 Å². The van der Waals surface area contributed by atoms with Gasteiger partial charge in [-0.25, -0.2) is 0 Å². The molecule has 140 valence electrons. The van der Waals surface area contributed by atoms with Crippen LogP contribution in [0.15, 0.2) is 42.5 Å². The molecule has 27 heavy (non-hydrogen) atoms. The third-order valence-corrected chi connectivity index (χ3v) is 5.02. The van der Waals surface area contributed by atoms with Crippen molar-refractivity contribution in [3.8, 4) is 5.75 Å². The zero-order chi connectivity index (χ0) is 19.6. The lowest BCUT2D eigenvalue weighted by Crippen LogP contribution is -2.15. The minimum atomic E-state index is -0.185. The highest BCUT2D eigenvalue weighted by atomic mass is 35.5. The van der Waals surface area contributed by atoms with Crippen molar-refractivity contribution >= 4 is 23.2 Å². The topological polar surface area (TPSA) is 56.1 Å². The number of carbonyl (C=O) groups excluding carboxylic acids is 1. The number of nitrogens with one attached hydrogen (secondary N) is 1. The van der Waals surface area contributed by atoms with Crippen LogP contribution in [0.1, 0.15) is 32.9 Å². The van der Waals surface area contributed by atoms with Crippen LogP contribution in [0.2, 0.25) is 5.02 Å². The van der Waals surface area contributed by atoms with Crippen LogP contribution in [-0.4, -0.2) is 22.8 Å². The summed E-state index contributed by atoms with van der Waals surface area (Å²) in [6.45, 7) is 6.23. The van der Waals surface area contributed by atoms with E-state index in [1.165, 1.54) is 0 Å². The Hall–Kier alpha value is -2.79. The van der Waals surface area contributed by atoms with Gasteiger partial charge in [-0.15, -0.1) is 0 Å². The van der Waals surface area contributed by atoms with Crippen molar-refractivity contribution in [1.82, 2.24) is 9.78 Å². The molecule has 0 unspecified atom stereocenters. The number of nitrogens with zero attached hydrogens (tertiary/aromatic N) is 2. The van der Waals surface area contributed by atoms with Crippen molar-refractivity contribution in [2.45, 2.75) is 27.3 Å². The van der Waals surface area contributed by atoms with E-state index in [1.54, 1.807) is 19.2 Å². The van der Waals surface area contributed by atoms with Gasteiger partial charge in [0.15, 0.2) is 0 Å². The minimum Gasteiger partial charge on any atom is -0.496 e. The fourth-order valence-electron chi connectivity index (χ4n) is 3.08. The zero-order valence-electron chi connectivity index (χ0n) is 15.8. The molecule has 2 aromatic carbocycles. The van der Waals surface area contributed by atoms with Gasteiger partial charge < -0.3 is 10.1 Å². The lowest BCUT2D eigenvalue weighted by Gasteiger charge is -2.11. The van der Waals surface area contributed by atoms with E-state index in [2.05, 4.69) is 10.4 Å². The van der Waals surface area contributed by atoms with Crippen LogP contribution < -0.4 is 10.1 Å². The molecule has 0 radical (unpaired) electrons. The Labute approximate surface area is 163 Å². The lowest BCUT2D eigenvalue weighted by molar-refractivity contribution is 0.102. The second kappa shape index (κ2) is 7.84. The number of rotatable bonds is 5. The summed E-state index contributed by atoms with van der Waals surface area (Å²) in [7, 11) is 1.59. The number of aryl methyl sites for hydroxylation is 1. The Bertz CT molecular complexity index is 995. The van der Waals surface area contributed by atoms with Crippen LogP contribution >= 0.6 is 11.6 Å². The quantitative estimate of drug-likeness (QED) is 0.690. The summed E-state index contributed by atoms with van der Waals surface area (Å²) < 4.78 is 7.16. The number of hydrogen-bond acceptors (Lipinski definition) is 3. The van der Waals surface area contributed by atoms with Crippen LogP contribution in [0.5, 0.6) is 5.75 Å². The number of hydrogen-bond donors (Lipinski definition) is 1. The summed E-state index contributed by atoms with van der Waals surface area (Å²) in [6.07, 6.45) is 0. The molecule has 6 heteroatoms. The molecule has 1 heterocycles. The summed E-state index contributed by atoms with van der Waals surface area (Å²) >= 11 is 6.26. The first-order chi connectivity index (χ1) is 12.9. The number of benzene rings is 2. The van der Waals surface area contributed by atoms with Gasteiger partial charge in [0.2, 0.25) is 0 Å². The van der Waals surface area contributed by atoms with E-state index in [0.29, 0.717) is 28.6 Å². The van der Waals surface area contributed by atoms with Gasteiger partial charge in [-0.3, -0.25) is 9.48 Å². The van der Waals surface area contributed by atoms with Gasteiger partial charge >= 0.3 is 0 Å². The van der Waals surface area contributed by atoms with Gasteiger partial charge in [0, 0.05) is 16.1 Å². The highest BCUT2D eigenvalue weighted by molar-refractivity contribution is 6.31. The van der Waals surface area contributed by atoms with Crippen LogP contribution in [0, 0.1) is 20.8 Å². The number of aromatic nitrogens is 2. The molecule has 5 nitrogen and oxygen atoms in total. The van der Waals surface area contributed by atoms with Crippen molar-refractivity contribution in [1.29, 1.82) is 0 Å². The summed E-state index contributed by atoms with van der Waals surface area (Å²) in [5.74, 6) is 0.500.